The Labute approximate surface area is 117 Å². The van der Waals surface area contributed by atoms with Gasteiger partial charge in [0.05, 0.1) is 5.69 Å². The molecule has 104 valence electrons. The lowest BCUT2D eigenvalue weighted by Crippen LogP contribution is -2.01. The third kappa shape index (κ3) is 2.27. The zero-order valence-corrected chi connectivity index (χ0v) is 11.9. The monoisotopic (exact) mass is 270 g/mol. The Morgan fingerprint density at radius 3 is 2.85 bits per heavy atom. The molecule has 2 aromatic heterocycles. The Balaban J connectivity index is 1.80. The highest BCUT2D eigenvalue weighted by atomic mass is 16.3. The van der Waals surface area contributed by atoms with Crippen LogP contribution in [0.5, 0.6) is 0 Å². The van der Waals surface area contributed by atoms with E-state index in [4.69, 9.17) is 4.42 Å². The summed E-state index contributed by atoms with van der Waals surface area (Å²) in [5.74, 6) is 0.777. The van der Waals surface area contributed by atoms with Gasteiger partial charge in [-0.3, -0.25) is 5.10 Å². The fourth-order valence-electron chi connectivity index (χ4n) is 2.26. The van der Waals surface area contributed by atoms with Crippen LogP contribution in [0.15, 0.2) is 22.6 Å². The van der Waals surface area contributed by atoms with E-state index in [0.29, 0.717) is 0 Å². The summed E-state index contributed by atoms with van der Waals surface area (Å²) < 4.78 is 5.61. The molecule has 5 heteroatoms. The average molecular weight is 270 g/mol. The number of aryl methyl sites for hydroxylation is 3. The van der Waals surface area contributed by atoms with Crippen LogP contribution in [-0.2, 0) is 13.0 Å². The Morgan fingerprint density at radius 1 is 1.30 bits per heavy atom. The first-order chi connectivity index (χ1) is 9.67. The van der Waals surface area contributed by atoms with Crippen LogP contribution in [0, 0.1) is 13.8 Å². The van der Waals surface area contributed by atoms with E-state index < -0.39 is 0 Å². The minimum Gasteiger partial charge on any atom is -0.441 e. The van der Waals surface area contributed by atoms with E-state index in [1.54, 1.807) is 0 Å². The lowest BCUT2D eigenvalue weighted by molar-refractivity contribution is 0.538. The van der Waals surface area contributed by atoms with Crippen molar-refractivity contribution < 1.29 is 4.42 Å². The highest BCUT2D eigenvalue weighted by Gasteiger charge is 2.07. The molecular formula is C15H18N4O. The van der Waals surface area contributed by atoms with Crippen LogP contribution in [0.4, 0.5) is 5.69 Å². The number of fused-ring (bicyclic) bond motifs is 1. The van der Waals surface area contributed by atoms with Gasteiger partial charge in [0.2, 0.25) is 0 Å². The van der Waals surface area contributed by atoms with E-state index in [1.165, 1.54) is 5.56 Å². The summed E-state index contributed by atoms with van der Waals surface area (Å²) >= 11 is 0. The number of benzene rings is 1. The number of aromatic amines is 1. The molecule has 0 aliphatic carbocycles. The molecule has 0 unspecified atom stereocenters. The molecule has 0 saturated carbocycles. The van der Waals surface area contributed by atoms with Crippen LogP contribution in [0.1, 0.15) is 29.8 Å². The van der Waals surface area contributed by atoms with Crippen molar-refractivity contribution in [2.24, 2.45) is 0 Å². The van der Waals surface area contributed by atoms with Gasteiger partial charge >= 0.3 is 0 Å². The van der Waals surface area contributed by atoms with Crippen LogP contribution in [0.2, 0.25) is 0 Å². The van der Waals surface area contributed by atoms with Gasteiger partial charge < -0.3 is 9.73 Å². The van der Waals surface area contributed by atoms with Gasteiger partial charge in [-0.1, -0.05) is 6.92 Å². The lowest BCUT2D eigenvalue weighted by Gasteiger charge is -2.06. The smallest absolute Gasteiger partial charge is 0.195 e. The molecule has 0 radical (unpaired) electrons. The number of hydrogen-bond donors (Lipinski definition) is 2. The van der Waals surface area contributed by atoms with Crippen molar-refractivity contribution in [3.8, 4) is 0 Å². The van der Waals surface area contributed by atoms with E-state index in [2.05, 4.69) is 20.5 Å². The molecule has 2 heterocycles. The molecule has 0 saturated heterocycles. The van der Waals surface area contributed by atoms with E-state index >= 15 is 0 Å². The zero-order valence-electron chi connectivity index (χ0n) is 11.9. The second-order valence-corrected chi connectivity index (χ2v) is 4.91. The summed E-state index contributed by atoms with van der Waals surface area (Å²) in [6, 6.07) is 5.99. The fraction of sp³-hybridized carbons (Fsp3) is 0.333. The Hall–Kier alpha value is -2.30. The molecule has 1 aromatic carbocycles. The van der Waals surface area contributed by atoms with Crippen molar-refractivity contribution in [3.63, 3.8) is 0 Å². The van der Waals surface area contributed by atoms with Gasteiger partial charge in [-0.25, -0.2) is 4.98 Å². The normalized spacial score (nSPS) is 11.2. The number of aromatic nitrogens is 3. The van der Waals surface area contributed by atoms with Gasteiger partial charge in [0, 0.05) is 29.9 Å². The van der Waals surface area contributed by atoms with Gasteiger partial charge in [-0.2, -0.15) is 5.10 Å². The Kier molecular flexibility index (Phi) is 3.18. The van der Waals surface area contributed by atoms with Crippen LogP contribution in [0.3, 0.4) is 0 Å². The highest BCUT2D eigenvalue weighted by molar-refractivity contribution is 5.77. The topological polar surface area (TPSA) is 66.7 Å². The second-order valence-electron chi connectivity index (χ2n) is 4.91. The van der Waals surface area contributed by atoms with Crippen LogP contribution in [-0.4, -0.2) is 15.2 Å². The highest BCUT2D eigenvalue weighted by Crippen LogP contribution is 2.21. The average Bonchev–Trinajstić information content (AvgIpc) is 3.00. The molecule has 20 heavy (non-hydrogen) atoms. The Bertz CT molecular complexity index is 722. The molecule has 0 atom stereocenters. The predicted molar refractivity (Wildman–Crippen MR) is 78.8 cm³/mol. The quantitative estimate of drug-likeness (QED) is 0.763. The molecule has 5 nitrogen and oxygen atoms in total. The summed E-state index contributed by atoms with van der Waals surface area (Å²) in [6.07, 6.45) is 0.810. The molecule has 0 bridgehead atoms. The number of oxazole rings is 1. The SMILES string of the molecule is CCc1nc2cc(NCc3c(C)n[nH]c3C)ccc2o1. The molecular weight excluding hydrogens is 252 g/mol. The standard InChI is InChI=1S/C15H18N4O/c1-4-15-17-13-7-11(5-6-14(13)20-15)16-8-12-9(2)18-19-10(12)3/h5-7,16H,4,8H2,1-3H3,(H,18,19). The number of rotatable bonds is 4. The van der Waals surface area contributed by atoms with Crippen LogP contribution in [0.25, 0.3) is 11.1 Å². The largest absolute Gasteiger partial charge is 0.441 e. The summed E-state index contributed by atoms with van der Waals surface area (Å²) in [7, 11) is 0. The van der Waals surface area contributed by atoms with Crippen molar-refractivity contribution in [1.82, 2.24) is 15.2 Å². The lowest BCUT2D eigenvalue weighted by atomic mass is 10.2. The zero-order chi connectivity index (χ0) is 14.1. The maximum absolute atomic E-state index is 5.61. The van der Waals surface area contributed by atoms with E-state index in [-0.39, 0.29) is 0 Å². The number of hydrogen-bond acceptors (Lipinski definition) is 4. The number of H-pyrrole nitrogens is 1. The molecule has 2 N–H and O–H groups in total. The van der Waals surface area contributed by atoms with Gasteiger partial charge in [-0.15, -0.1) is 0 Å². The van der Waals surface area contributed by atoms with Crippen molar-refractivity contribution in [1.29, 1.82) is 0 Å². The third-order valence-corrected chi connectivity index (χ3v) is 3.48. The van der Waals surface area contributed by atoms with Crippen molar-refractivity contribution in [2.75, 3.05) is 5.32 Å². The molecule has 0 fully saturated rings. The van der Waals surface area contributed by atoms with Crippen molar-refractivity contribution >= 4 is 16.8 Å². The van der Waals surface area contributed by atoms with E-state index in [0.717, 1.165) is 47.0 Å². The number of anilines is 1. The van der Waals surface area contributed by atoms with Crippen molar-refractivity contribution in [3.05, 3.63) is 41.0 Å². The number of nitrogens with one attached hydrogen (secondary N) is 2. The second kappa shape index (κ2) is 5.00. The summed E-state index contributed by atoms with van der Waals surface area (Å²) in [6.45, 7) is 6.83. The van der Waals surface area contributed by atoms with Gasteiger partial charge in [0.25, 0.3) is 0 Å². The predicted octanol–water partition coefficient (Wildman–Crippen LogP) is 3.34. The molecule has 0 aliphatic rings. The summed E-state index contributed by atoms with van der Waals surface area (Å²) in [5.41, 5.74) is 6.11. The first-order valence-corrected chi connectivity index (χ1v) is 6.81. The summed E-state index contributed by atoms with van der Waals surface area (Å²) in [5, 5.41) is 10.6. The molecule has 3 rings (SSSR count). The van der Waals surface area contributed by atoms with Crippen molar-refractivity contribution in [2.45, 2.75) is 33.7 Å². The van der Waals surface area contributed by atoms with Gasteiger partial charge in [-0.05, 0) is 32.0 Å². The molecule has 0 amide bonds. The fourth-order valence-corrected chi connectivity index (χ4v) is 2.26. The van der Waals surface area contributed by atoms with Crippen LogP contribution >= 0.6 is 0 Å². The molecule has 3 aromatic rings. The minimum atomic E-state index is 0.748. The summed E-state index contributed by atoms with van der Waals surface area (Å²) in [4.78, 5) is 4.45. The first-order valence-electron chi connectivity index (χ1n) is 6.81. The van der Waals surface area contributed by atoms with E-state index in [9.17, 15) is 0 Å². The minimum absolute atomic E-state index is 0.748. The maximum atomic E-state index is 5.61. The molecule has 0 aliphatic heterocycles. The maximum Gasteiger partial charge on any atom is 0.195 e. The van der Waals surface area contributed by atoms with E-state index in [1.807, 2.05) is 39.0 Å². The number of nitrogens with zero attached hydrogens (tertiary/aromatic N) is 2. The third-order valence-electron chi connectivity index (χ3n) is 3.48. The first kappa shape index (κ1) is 12.7. The van der Waals surface area contributed by atoms with Gasteiger partial charge in [0.15, 0.2) is 11.5 Å². The molecule has 0 spiro atoms. The van der Waals surface area contributed by atoms with Crippen LogP contribution < -0.4 is 5.32 Å². The Morgan fingerprint density at radius 2 is 2.15 bits per heavy atom. The van der Waals surface area contributed by atoms with Gasteiger partial charge in [0.1, 0.15) is 5.52 Å².